The van der Waals surface area contributed by atoms with Gasteiger partial charge >= 0.3 is 0 Å². The van der Waals surface area contributed by atoms with Gasteiger partial charge in [-0.1, -0.05) is 31.4 Å². The zero-order chi connectivity index (χ0) is 15.0. The third-order valence-electron chi connectivity index (χ3n) is 5.17. The molecule has 1 heterocycles. The molecule has 2 nitrogen and oxygen atoms in total. The van der Waals surface area contributed by atoms with Crippen LogP contribution in [-0.2, 0) is 0 Å². The Morgan fingerprint density at radius 2 is 2.05 bits per heavy atom. The molecule has 1 saturated heterocycles. The predicted molar refractivity (Wildman–Crippen MR) is 89.7 cm³/mol. The van der Waals surface area contributed by atoms with Crippen molar-refractivity contribution in [1.29, 1.82) is 0 Å². The average Bonchev–Trinajstić information content (AvgIpc) is 2.50. The number of halogens is 2. The van der Waals surface area contributed by atoms with Gasteiger partial charge in [0.05, 0.1) is 5.02 Å². The van der Waals surface area contributed by atoms with Crippen molar-refractivity contribution < 1.29 is 4.79 Å². The van der Waals surface area contributed by atoms with E-state index in [1.54, 1.807) is 6.07 Å². The summed E-state index contributed by atoms with van der Waals surface area (Å²) >= 11 is 9.44. The number of likely N-dealkylation sites (tertiary alicyclic amines) is 1. The van der Waals surface area contributed by atoms with E-state index in [1.807, 2.05) is 12.1 Å². The Kier molecular flexibility index (Phi) is 4.60. The highest BCUT2D eigenvalue weighted by atomic mass is 79.9. The molecule has 3 unspecified atom stereocenters. The molecule has 0 N–H and O–H groups in total. The van der Waals surface area contributed by atoms with Crippen molar-refractivity contribution in [2.24, 2.45) is 11.8 Å². The number of hydrogen-bond acceptors (Lipinski definition) is 1. The maximum absolute atomic E-state index is 12.9. The zero-order valence-corrected chi connectivity index (χ0v) is 14.7. The van der Waals surface area contributed by atoms with Gasteiger partial charge in [0.1, 0.15) is 0 Å². The fourth-order valence-electron chi connectivity index (χ4n) is 3.96. The highest BCUT2D eigenvalue weighted by molar-refractivity contribution is 9.10. The monoisotopic (exact) mass is 369 g/mol. The number of rotatable bonds is 1. The van der Waals surface area contributed by atoms with E-state index in [2.05, 4.69) is 27.8 Å². The van der Waals surface area contributed by atoms with Crippen LogP contribution in [0.1, 0.15) is 49.4 Å². The van der Waals surface area contributed by atoms with Crippen LogP contribution in [0.2, 0.25) is 5.02 Å². The largest absolute Gasteiger partial charge is 0.335 e. The lowest BCUT2D eigenvalue weighted by Gasteiger charge is -2.47. The summed E-state index contributed by atoms with van der Waals surface area (Å²) in [5.41, 5.74) is 0.741. The maximum atomic E-state index is 12.9. The first kappa shape index (κ1) is 15.4. The van der Waals surface area contributed by atoms with Gasteiger partial charge in [0.25, 0.3) is 5.91 Å². The molecule has 1 amide bonds. The average molecular weight is 371 g/mol. The summed E-state index contributed by atoms with van der Waals surface area (Å²) in [6.07, 6.45) is 6.14. The molecule has 2 fully saturated rings. The quantitative estimate of drug-likeness (QED) is 0.670. The molecular weight excluding hydrogens is 350 g/mol. The summed E-state index contributed by atoms with van der Waals surface area (Å²) in [6, 6.07) is 5.92. The summed E-state index contributed by atoms with van der Waals surface area (Å²) in [4.78, 5) is 15.0. The maximum Gasteiger partial charge on any atom is 0.254 e. The minimum atomic E-state index is 0.163. The Labute approximate surface area is 140 Å². The number of piperidine rings is 1. The van der Waals surface area contributed by atoms with Gasteiger partial charge < -0.3 is 4.90 Å². The van der Waals surface area contributed by atoms with Crippen LogP contribution in [0.3, 0.4) is 0 Å². The number of amides is 1. The van der Waals surface area contributed by atoms with E-state index in [-0.39, 0.29) is 5.91 Å². The van der Waals surface area contributed by atoms with E-state index in [4.69, 9.17) is 11.6 Å². The van der Waals surface area contributed by atoms with E-state index in [0.29, 0.717) is 17.0 Å². The van der Waals surface area contributed by atoms with E-state index >= 15 is 0 Å². The van der Waals surface area contributed by atoms with Crippen LogP contribution in [0.5, 0.6) is 0 Å². The van der Waals surface area contributed by atoms with Crippen molar-refractivity contribution in [3.8, 4) is 0 Å². The highest BCUT2D eigenvalue weighted by Crippen LogP contribution is 2.39. The number of carbonyl (C=O) groups is 1. The van der Waals surface area contributed by atoms with Crippen molar-refractivity contribution >= 4 is 33.4 Å². The van der Waals surface area contributed by atoms with E-state index in [1.165, 1.54) is 19.3 Å². The number of nitrogens with zero attached hydrogens (tertiary/aromatic N) is 1. The lowest BCUT2D eigenvalue weighted by atomic mass is 9.72. The second-order valence-electron chi connectivity index (χ2n) is 6.41. The SMILES string of the molecule is CC1CCN(C(=O)c2ccc(Cl)c(Br)c2)C2CCCCC12. The molecule has 0 aromatic heterocycles. The van der Waals surface area contributed by atoms with Crippen LogP contribution in [0.4, 0.5) is 0 Å². The van der Waals surface area contributed by atoms with Gasteiger partial charge in [-0.05, 0) is 65.2 Å². The highest BCUT2D eigenvalue weighted by Gasteiger charge is 2.39. The number of fused-ring (bicyclic) bond motifs is 1. The summed E-state index contributed by atoms with van der Waals surface area (Å²) in [7, 11) is 0. The summed E-state index contributed by atoms with van der Waals surface area (Å²) in [5.74, 6) is 1.60. The molecule has 1 aromatic rings. The summed E-state index contributed by atoms with van der Waals surface area (Å²) in [6.45, 7) is 3.24. The Morgan fingerprint density at radius 1 is 1.29 bits per heavy atom. The van der Waals surface area contributed by atoms with Crippen LogP contribution in [-0.4, -0.2) is 23.4 Å². The van der Waals surface area contributed by atoms with Crippen molar-refractivity contribution in [3.63, 3.8) is 0 Å². The Bertz CT molecular complexity index is 548. The fourth-order valence-corrected chi connectivity index (χ4v) is 4.46. The van der Waals surface area contributed by atoms with Gasteiger partial charge in [-0.25, -0.2) is 0 Å². The van der Waals surface area contributed by atoms with E-state index in [0.717, 1.165) is 35.3 Å². The van der Waals surface area contributed by atoms with Gasteiger partial charge in [-0.15, -0.1) is 0 Å². The Hall–Kier alpha value is -0.540. The molecule has 21 heavy (non-hydrogen) atoms. The number of benzene rings is 1. The molecule has 1 aromatic carbocycles. The van der Waals surface area contributed by atoms with Gasteiger partial charge in [0.15, 0.2) is 0 Å². The molecule has 3 rings (SSSR count). The first-order chi connectivity index (χ1) is 10.1. The topological polar surface area (TPSA) is 20.3 Å². The van der Waals surface area contributed by atoms with Crippen molar-refractivity contribution in [3.05, 3.63) is 33.3 Å². The molecule has 1 aliphatic carbocycles. The molecule has 0 spiro atoms. The molecule has 1 saturated carbocycles. The molecule has 114 valence electrons. The second kappa shape index (κ2) is 6.29. The molecular formula is C17H21BrClNO. The molecule has 0 bridgehead atoms. The van der Waals surface area contributed by atoms with Crippen LogP contribution in [0.25, 0.3) is 0 Å². The standard InChI is InChI=1S/C17H21BrClNO/c1-11-8-9-20(16-5-3-2-4-13(11)16)17(21)12-6-7-15(19)14(18)10-12/h6-7,10-11,13,16H,2-5,8-9H2,1H3. The fraction of sp³-hybridized carbons (Fsp3) is 0.588. The summed E-state index contributed by atoms with van der Waals surface area (Å²) < 4.78 is 0.792. The number of carbonyl (C=O) groups excluding carboxylic acids is 1. The number of hydrogen-bond donors (Lipinski definition) is 0. The minimum Gasteiger partial charge on any atom is -0.335 e. The summed E-state index contributed by atoms with van der Waals surface area (Å²) in [5, 5.41) is 0.648. The van der Waals surface area contributed by atoms with E-state index in [9.17, 15) is 4.79 Å². The predicted octanol–water partition coefficient (Wildman–Crippen LogP) is 5.14. The van der Waals surface area contributed by atoms with Crippen LogP contribution in [0, 0.1) is 11.8 Å². The lowest BCUT2D eigenvalue weighted by Crippen LogP contribution is -2.52. The Morgan fingerprint density at radius 3 is 2.81 bits per heavy atom. The molecule has 1 aliphatic heterocycles. The normalized spacial score (nSPS) is 29.1. The third kappa shape index (κ3) is 3.00. The molecule has 3 atom stereocenters. The van der Waals surface area contributed by atoms with Gasteiger partial charge in [0, 0.05) is 22.6 Å². The van der Waals surface area contributed by atoms with Crippen molar-refractivity contribution in [2.45, 2.75) is 45.1 Å². The van der Waals surface area contributed by atoms with Gasteiger partial charge in [0.2, 0.25) is 0 Å². The first-order valence-electron chi connectivity index (χ1n) is 7.84. The molecule has 0 radical (unpaired) electrons. The second-order valence-corrected chi connectivity index (χ2v) is 7.67. The minimum absolute atomic E-state index is 0.163. The lowest BCUT2D eigenvalue weighted by molar-refractivity contribution is 0.0217. The first-order valence-corrected chi connectivity index (χ1v) is 9.01. The molecule has 4 heteroatoms. The Balaban J connectivity index is 1.84. The van der Waals surface area contributed by atoms with Gasteiger partial charge in [-0.2, -0.15) is 0 Å². The smallest absolute Gasteiger partial charge is 0.254 e. The van der Waals surface area contributed by atoms with Crippen LogP contribution in [0.15, 0.2) is 22.7 Å². The van der Waals surface area contributed by atoms with Crippen molar-refractivity contribution in [2.75, 3.05) is 6.54 Å². The molecule has 2 aliphatic rings. The van der Waals surface area contributed by atoms with Crippen molar-refractivity contribution in [1.82, 2.24) is 4.90 Å². The third-order valence-corrected chi connectivity index (χ3v) is 6.38. The van der Waals surface area contributed by atoms with E-state index < -0.39 is 0 Å². The zero-order valence-electron chi connectivity index (χ0n) is 12.3. The van der Waals surface area contributed by atoms with Gasteiger partial charge in [-0.3, -0.25) is 4.79 Å². The van der Waals surface area contributed by atoms with Crippen LogP contribution < -0.4 is 0 Å². The van der Waals surface area contributed by atoms with Crippen LogP contribution >= 0.6 is 27.5 Å².